The zero-order chi connectivity index (χ0) is 13.5. The van der Waals surface area contributed by atoms with E-state index in [-0.39, 0.29) is 5.92 Å². The third-order valence-corrected chi connectivity index (χ3v) is 4.25. The van der Waals surface area contributed by atoms with Crippen LogP contribution >= 0.6 is 11.6 Å². The molecule has 0 spiro atoms. The van der Waals surface area contributed by atoms with Gasteiger partial charge in [-0.1, -0.05) is 35.9 Å². The van der Waals surface area contributed by atoms with Gasteiger partial charge >= 0.3 is 0 Å². The molecule has 4 nitrogen and oxygen atoms in total. The molecule has 100 valence electrons. The number of hydrogen-bond donors (Lipinski definition) is 0. The molecule has 1 aliphatic rings. The summed E-state index contributed by atoms with van der Waals surface area (Å²) in [6.45, 7) is 0. The number of aromatic nitrogens is 4. The molecule has 2 heterocycles. The van der Waals surface area contributed by atoms with Gasteiger partial charge in [-0.2, -0.15) is 0 Å². The van der Waals surface area contributed by atoms with Crippen LogP contribution in [0.1, 0.15) is 35.7 Å². The SMILES string of the molecule is Clc1cncc2nnc(C3CCCc4ccccc43)n12. The summed E-state index contributed by atoms with van der Waals surface area (Å²) < 4.78 is 1.90. The lowest BCUT2D eigenvalue weighted by Crippen LogP contribution is -2.14. The molecule has 0 radical (unpaired) electrons. The summed E-state index contributed by atoms with van der Waals surface area (Å²) in [5.41, 5.74) is 3.46. The topological polar surface area (TPSA) is 43.1 Å². The van der Waals surface area contributed by atoms with Crippen LogP contribution in [0.4, 0.5) is 0 Å². The standard InChI is InChI=1S/C15H13ClN4/c16-13-8-17-9-14-18-19-15(20(13)14)12-7-3-5-10-4-1-2-6-11(10)12/h1-2,4,6,8-9,12H,3,5,7H2. The predicted octanol–water partition coefficient (Wildman–Crippen LogP) is 3.25. The van der Waals surface area contributed by atoms with E-state index < -0.39 is 0 Å². The Morgan fingerprint density at radius 3 is 3.00 bits per heavy atom. The van der Waals surface area contributed by atoms with Crippen LogP contribution in [-0.2, 0) is 6.42 Å². The Balaban J connectivity index is 1.93. The van der Waals surface area contributed by atoms with Crippen molar-refractivity contribution in [2.24, 2.45) is 0 Å². The molecule has 3 aromatic rings. The molecule has 0 saturated carbocycles. The second kappa shape index (κ2) is 4.56. The van der Waals surface area contributed by atoms with Crippen LogP contribution in [0.3, 0.4) is 0 Å². The minimum atomic E-state index is 0.259. The lowest BCUT2D eigenvalue weighted by molar-refractivity contribution is 0.586. The smallest absolute Gasteiger partial charge is 0.180 e. The Labute approximate surface area is 121 Å². The zero-order valence-electron chi connectivity index (χ0n) is 10.8. The Morgan fingerprint density at radius 1 is 1.15 bits per heavy atom. The number of fused-ring (bicyclic) bond motifs is 2. The van der Waals surface area contributed by atoms with Gasteiger partial charge in [-0.15, -0.1) is 10.2 Å². The lowest BCUT2D eigenvalue weighted by atomic mass is 9.82. The molecule has 1 aromatic carbocycles. The molecule has 1 atom stereocenters. The first kappa shape index (κ1) is 11.9. The second-order valence-corrected chi connectivity index (χ2v) is 5.51. The van der Waals surface area contributed by atoms with E-state index in [1.807, 2.05) is 4.40 Å². The van der Waals surface area contributed by atoms with Crippen molar-refractivity contribution in [2.75, 3.05) is 0 Å². The number of nitrogens with zero attached hydrogens (tertiary/aromatic N) is 4. The maximum Gasteiger partial charge on any atom is 0.180 e. The zero-order valence-corrected chi connectivity index (χ0v) is 11.6. The number of aryl methyl sites for hydroxylation is 1. The Kier molecular flexibility index (Phi) is 2.70. The van der Waals surface area contributed by atoms with E-state index >= 15 is 0 Å². The Morgan fingerprint density at radius 2 is 2.05 bits per heavy atom. The number of rotatable bonds is 1. The summed E-state index contributed by atoms with van der Waals surface area (Å²) >= 11 is 6.27. The van der Waals surface area contributed by atoms with Gasteiger partial charge in [-0.3, -0.25) is 9.38 Å². The van der Waals surface area contributed by atoms with Crippen molar-refractivity contribution < 1.29 is 0 Å². The van der Waals surface area contributed by atoms with Crippen molar-refractivity contribution in [3.05, 3.63) is 58.8 Å². The largest absolute Gasteiger partial charge is 0.266 e. The molecule has 0 aliphatic heterocycles. The van der Waals surface area contributed by atoms with Crippen molar-refractivity contribution in [1.82, 2.24) is 19.6 Å². The minimum absolute atomic E-state index is 0.259. The lowest BCUT2D eigenvalue weighted by Gasteiger charge is -2.24. The van der Waals surface area contributed by atoms with Gasteiger partial charge < -0.3 is 0 Å². The molecule has 1 aliphatic carbocycles. The normalized spacial score (nSPS) is 18.1. The number of benzene rings is 1. The predicted molar refractivity (Wildman–Crippen MR) is 77.0 cm³/mol. The molecule has 20 heavy (non-hydrogen) atoms. The van der Waals surface area contributed by atoms with Gasteiger partial charge in [0.2, 0.25) is 0 Å². The van der Waals surface area contributed by atoms with Gasteiger partial charge in [0.1, 0.15) is 11.0 Å². The monoisotopic (exact) mass is 284 g/mol. The van der Waals surface area contributed by atoms with Crippen molar-refractivity contribution in [3.8, 4) is 0 Å². The van der Waals surface area contributed by atoms with Crippen LogP contribution < -0.4 is 0 Å². The molecule has 0 saturated heterocycles. The quantitative estimate of drug-likeness (QED) is 0.689. The van der Waals surface area contributed by atoms with Crippen molar-refractivity contribution >= 4 is 17.2 Å². The fraction of sp³-hybridized carbons (Fsp3) is 0.267. The van der Waals surface area contributed by atoms with E-state index in [2.05, 4.69) is 39.4 Å². The van der Waals surface area contributed by atoms with Crippen molar-refractivity contribution in [2.45, 2.75) is 25.2 Å². The van der Waals surface area contributed by atoms with E-state index in [0.717, 1.165) is 18.7 Å². The molecule has 4 rings (SSSR count). The first-order valence-electron chi connectivity index (χ1n) is 6.77. The van der Waals surface area contributed by atoms with Crippen molar-refractivity contribution in [1.29, 1.82) is 0 Å². The summed E-state index contributed by atoms with van der Waals surface area (Å²) in [4.78, 5) is 4.06. The van der Waals surface area contributed by atoms with Gasteiger partial charge in [0, 0.05) is 5.92 Å². The van der Waals surface area contributed by atoms with Gasteiger partial charge in [0.15, 0.2) is 5.65 Å². The third kappa shape index (κ3) is 1.72. The second-order valence-electron chi connectivity index (χ2n) is 5.13. The first-order chi connectivity index (χ1) is 9.84. The van der Waals surface area contributed by atoms with Gasteiger partial charge in [-0.25, -0.2) is 0 Å². The van der Waals surface area contributed by atoms with Gasteiger partial charge in [0.05, 0.1) is 12.4 Å². The summed E-state index contributed by atoms with van der Waals surface area (Å²) in [7, 11) is 0. The van der Waals surface area contributed by atoms with Crippen LogP contribution in [0.2, 0.25) is 5.15 Å². The summed E-state index contributed by atoms with van der Waals surface area (Å²) in [5.74, 6) is 1.18. The molecule has 0 bridgehead atoms. The number of halogens is 1. The molecule has 1 unspecified atom stereocenters. The molecule has 0 N–H and O–H groups in total. The van der Waals surface area contributed by atoms with Crippen LogP contribution in [0.15, 0.2) is 36.7 Å². The Bertz CT molecular complexity index is 780. The minimum Gasteiger partial charge on any atom is -0.266 e. The van der Waals surface area contributed by atoms with Crippen LogP contribution in [0, 0.1) is 0 Å². The van der Waals surface area contributed by atoms with E-state index in [9.17, 15) is 0 Å². The van der Waals surface area contributed by atoms with E-state index in [1.54, 1.807) is 12.4 Å². The number of hydrogen-bond acceptors (Lipinski definition) is 3. The van der Waals surface area contributed by atoms with Gasteiger partial charge in [-0.05, 0) is 30.4 Å². The third-order valence-electron chi connectivity index (χ3n) is 3.98. The fourth-order valence-electron chi connectivity index (χ4n) is 3.08. The molecule has 2 aromatic heterocycles. The van der Waals surface area contributed by atoms with Crippen molar-refractivity contribution in [3.63, 3.8) is 0 Å². The summed E-state index contributed by atoms with van der Waals surface area (Å²) in [6.07, 6.45) is 6.71. The van der Waals surface area contributed by atoms with Crippen LogP contribution in [-0.4, -0.2) is 19.6 Å². The molecule has 0 fully saturated rings. The highest BCUT2D eigenvalue weighted by atomic mass is 35.5. The van der Waals surface area contributed by atoms with E-state index in [4.69, 9.17) is 11.6 Å². The molecule has 5 heteroatoms. The fourth-order valence-corrected chi connectivity index (χ4v) is 3.31. The highest BCUT2D eigenvalue weighted by Gasteiger charge is 2.26. The highest BCUT2D eigenvalue weighted by molar-refractivity contribution is 6.29. The van der Waals surface area contributed by atoms with Crippen LogP contribution in [0.5, 0.6) is 0 Å². The average molecular weight is 285 g/mol. The van der Waals surface area contributed by atoms with E-state index in [0.29, 0.717) is 10.8 Å². The summed E-state index contributed by atoms with van der Waals surface area (Å²) in [5, 5.41) is 9.12. The first-order valence-corrected chi connectivity index (χ1v) is 7.15. The average Bonchev–Trinajstić information content (AvgIpc) is 2.92. The highest BCUT2D eigenvalue weighted by Crippen LogP contribution is 2.36. The van der Waals surface area contributed by atoms with Gasteiger partial charge in [0.25, 0.3) is 0 Å². The summed E-state index contributed by atoms with van der Waals surface area (Å²) in [6, 6.07) is 8.58. The Hall–Kier alpha value is -1.94. The molecule has 0 amide bonds. The molecular weight excluding hydrogens is 272 g/mol. The molecular formula is C15H13ClN4. The maximum absolute atomic E-state index is 6.27. The maximum atomic E-state index is 6.27. The van der Waals surface area contributed by atoms with E-state index in [1.165, 1.54) is 17.5 Å². The van der Waals surface area contributed by atoms with Crippen LogP contribution in [0.25, 0.3) is 5.65 Å².